The maximum atomic E-state index is 10.8. The van der Waals surface area contributed by atoms with Gasteiger partial charge in [-0.05, 0) is 62.6 Å². The number of rotatable bonds is 11. The van der Waals surface area contributed by atoms with Crippen molar-refractivity contribution in [1.29, 1.82) is 0 Å². The summed E-state index contributed by atoms with van der Waals surface area (Å²) in [6.07, 6.45) is 9.53. The molecule has 1 heterocycles. The minimum Gasteiger partial charge on any atom is -0.481 e. The standard InChI is InChI=1S/C24H44O6Si/c1-24(2,3)31(4,5)29-17-19-18(12-8-6-7-9-13-22(26)27)20(25)16-21(19)30-23-14-10-11-15-28-23/h6,8,18-21,23,25H,7,9-17H2,1-5H3,(H,26,27)/b8-6-/t18-,19+,20+,21-,23?/m1/s1. The minimum atomic E-state index is -1.91. The molecule has 0 amide bonds. The van der Waals surface area contributed by atoms with Crippen LogP contribution in [0.2, 0.25) is 18.1 Å². The van der Waals surface area contributed by atoms with Gasteiger partial charge in [0.15, 0.2) is 14.6 Å². The molecule has 0 spiro atoms. The van der Waals surface area contributed by atoms with Crippen molar-refractivity contribution in [3.05, 3.63) is 12.2 Å². The number of carboxylic acid groups (broad SMARTS) is 1. The van der Waals surface area contributed by atoms with Crippen molar-refractivity contribution in [3.8, 4) is 0 Å². The first-order valence-electron chi connectivity index (χ1n) is 12.0. The quantitative estimate of drug-likeness (QED) is 0.255. The van der Waals surface area contributed by atoms with E-state index in [0.29, 0.717) is 19.4 Å². The highest BCUT2D eigenvalue weighted by atomic mass is 28.4. The third kappa shape index (κ3) is 8.28. The Bertz CT molecular complexity index is 579. The molecule has 31 heavy (non-hydrogen) atoms. The Morgan fingerprint density at radius 3 is 2.55 bits per heavy atom. The van der Waals surface area contributed by atoms with E-state index in [0.717, 1.165) is 38.7 Å². The molecule has 7 heteroatoms. The number of hydrogen-bond donors (Lipinski definition) is 2. The van der Waals surface area contributed by atoms with Crippen LogP contribution in [0.4, 0.5) is 0 Å². The molecule has 1 saturated heterocycles. The predicted octanol–water partition coefficient (Wildman–Crippen LogP) is 5.12. The summed E-state index contributed by atoms with van der Waals surface area (Å²) in [4.78, 5) is 10.7. The van der Waals surface area contributed by atoms with Crippen LogP contribution >= 0.6 is 0 Å². The molecular formula is C24H44O6Si. The molecule has 1 aliphatic carbocycles. The number of aliphatic carboxylic acids is 1. The van der Waals surface area contributed by atoms with Gasteiger partial charge in [0.25, 0.3) is 0 Å². The fourth-order valence-electron chi connectivity index (χ4n) is 4.14. The monoisotopic (exact) mass is 456 g/mol. The van der Waals surface area contributed by atoms with Gasteiger partial charge < -0.3 is 24.1 Å². The first kappa shape index (κ1) is 26.5. The second-order valence-corrected chi connectivity index (χ2v) is 15.5. The summed E-state index contributed by atoms with van der Waals surface area (Å²) in [6.45, 7) is 12.6. The Kier molecular flexibility index (Phi) is 10.2. The molecule has 1 saturated carbocycles. The lowest BCUT2D eigenvalue weighted by Crippen LogP contribution is -2.44. The van der Waals surface area contributed by atoms with Crippen LogP contribution in [0.1, 0.15) is 72.1 Å². The maximum Gasteiger partial charge on any atom is 0.303 e. The first-order valence-corrected chi connectivity index (χ1v) is 14.9. The van der Waals surface area contributed by atoms with E-state index in [4.69, 9.17) is 19.0 Å². The summed E-state index contributed by atoms with van der Waals surface area (Å²) in [5.74, 6) is -0.556. The Labute approximate surface area is 189 Å². The Morgan fingerprint density at radius 2 is 1.94 bits per heavy atom. The van der Waals surface area contributed by atoms with E-state index in [2.05, 4.69) is 39.9 Å². The summed E-state index contributed by atoms with van der Waals surface area (Å²) < 4.78 is 18.7. The van der Waals surface area contributed by atoms with Gasteiger partial charge in [0.05, 0.1) is 12.2 Å². The number of carbonyl (C=O) groups is 1. The average molecular weight is 457 g/mol. The van der Waals surface area contributed by atoms with E-state index in [1.807, 2.05) is 6.08 Å². The average Bonchev–Trinajstić information content (AvgIpc) is 2.97. The number of allylic oxidation sites excluding steroid dienone is 2. The van der Waals surface area contributed by atoms with Gasteiger partial charge in [-0.3, -0.25) is 4.79 Å². The number of carboxylic acids is 1. The largest absolute Gasteiger partial charge is 0.481 e. The zero-order valence-corrected chi connectivity index (χ0v) is 21.1. The fraction of sp³-hybridized carbons (Fsp3) is 0.875. The number of hydrogen-bond acceptors (Lipinski definition) is 5. The molecule has 5 atom stereocenters. The van der Waals surface area contributed by atoms with Crippen LogP contribution in [-0.4, -0.2) is 56.2 Å². The van der Waals surface area contributed by atoms with Gasteiger partial charge in [0, 0.05) is 32.0 Å². The zero-order valence-electron chi connectivity index (χ0n) is 20.1. The Balaban J connectivity index is 2.01. The molecule has 1 unspecified atom stereocenters. The van der Waals surface area contributed by atoms with Gasteiger partial charge in [-0.2, -0.15) is 0 Å². The summed E-state index contributed by atoms with van der Waals surface area (Å²) in [7, 11) is -1.91. The van der Waals surface area contributed by atoms with Crippen LogP contribution < -0.4 is 0 Å². The smallest absolute Gasteiger partial charge is 0.303 e. The number of aliphatic hydroxyl groups is 1. The topological polar surface area (TPSA) is 85.2 Å². The van der Waals surface area contributed by atoms with E-state index in [-0.39, 0.29) is 35.7 Å². The van der Waals surface area contributed by atoms with Crippen LogP contribution in [0.3, 0.4) is 0 Å². The highest BCUT2D eigenvalue weighted by Crippen LogP contribution is 2.42. The van der Waals surface area contributed by atoms with Gasteiger partial charge in [0.1, 0.15) is 0 Å². The second kappa shape index (κ2) is 11.9. The number of ether oxygens (including phenoxy) is 2. The van der Waals surface area contributed by atoms with Crippen LogP contribution in [0.5, 0.6) is 0 Å². The molecule has 1 aliphatic heterocycles. The lowest BCUT2D eigenvalue weighted by Gasteiger charge is -2.38. The van der Waals surface area contributed by atoms with Gasteiger partial charge in [0.2, 0.25) is 0 Å². The number of aliphatic hydroxyl groups excluding tert-OH is 1. The second-order valence-electron chi connectivity index (χ2n) is 10.7. The molecule has 0 aromatic rings. The van der Waals surface area contributed by atoms with E-state index >= 15 is 0 Å². The van der Waals surface area contributed by atoms with Gasteiger partial charge >= 0.3 is 5.97 Å². The van der Waals surface area contributed by atoms with Crippen molar-refractivity contribution in [2.75, 3.05) is 13.2 Å². The van der Waals surface area contributed by atoms with Gasteiger partial charge in [-0.1, -0.05) is 32.9 Å². The first-order chi connectivity index (χ1) is 14.5. The van der Waals surface area contributed by atoms with Crippen LogP contribution in [0, 0.1) is 11.8 Å². The molecule has 2 N–H and O–H groups in total. The molecule has 0 bridgehead atoms. The van der Waals surface area contributed by atoms with Crippen molar-refractivity contribution >= 4 is 14.3 Å². The SMILES string of the molecule is CC(C)(C)[Si](C)(C)OC[C@H]1[C@@H](C/C=C\CCCC(=O)O)[C@@H](O)C[C@H]1OC1CCCCO1. The third-order valence-electron chi connectivity index (χ3n) is 7.24. The molecule has 0 aromatic heterocycles. The summed E-state index contributed by atoms with van der Waals surface area (Å²) in [5, 5.41) is 19.7. The maximum absolute atomic E-state index is 10.8. The Morgan fingerprint density at radius 1 is 1.19 bits per heavy atom. The van der Waals surface area contributed by atoms with E-state index in [1.54, 1.807) is 0 Å². The molecule has 180 valence electrons. The van der Waals surface area contributed by atoms with Crippen molar-refractivity contribution < 1.29 is 28.9 Å². The summed E-state index contributed by atoms with van der Waals surface area (Å²) in [6, 6.07) is 0. The zero-order chi connectivity index (χ0) is 23.1. The third-order valence-corrected chi connectivity index (χ3v) is 11.7. The van der Waals surface area contributed by atoms with E-state index < -0.39 is 20.4 Å². The molecule has 6 nitrogen and oxygen atoms in total. The van der Waals surface area contributed by atoms with Crippen molar-refractivity contribution in [1.82, 2.24) is 0 Å². The minimum absolute atomic E-state index is 0.0618. The fourth-order valence-corrected chi connectivity index (χ4v) is 5.19. The van der Waals surface area contributed by atoms with Gasteiger partial charge in [-0.15, -0.1) is 0 Å². The lowest BCUT2D eigenvalue weighted by molar-refractivity contribution is -0.197. The molecular weight excluding hydrogens is 412 g/mol. The predicted molar refractivity (Wildman–Crippen MR) is 124 cm³/mol. The molecule has 0 radical (unpaired) electrons. The summed E-state index contributed by atoms with van der Waals surface area (Å²) >= 11 is 0. The van der Waals surface area contributed by atoms with Crippen molar-refractivity contribution in [3.63, 3.8) is 0 Å². The lowest BCUT2D eigenvalue weighted by atomic mass is 9.91. The molecule has 2 aliphatic rings. The normalized spacial score (nSPS) is 30.2. The van der Waals surface area contributed by atoms with Crippen LogP contribution in [0.25, 0.3) is 0 Å². The van der Waals surface area contributed by atoms with Gasteiger partial charge in [-0.25, -0.2) is 0 Å². The van der Waals surface area contributed by atoms with Crippen molar-refractivity contribution in [2.24, 2.45) is 11.8 Å². The van der Waals surface area contributed by atoms with E-state index in [9.17, 15) is 9.90 Å². The molecule has 0 aromatic carbocycles. The van der Waals surface area contributed by atoms with Crippen molar-refractivity contribution in [2.45, 2.75) is 109 Å². The van der Waals surface area contributed by atoms with Crippen LogP contribution in [-0.2, 0) is 18.7 Å². The molecule has 2 rings (SSSR count). The van der Waals surface area contributed by atoms with E-state index in [1.165, 1.54) is 0 Å². The Hall–Kier alpha value is -0.733. The summed E-state index contributed by atoms with van der Waals surface area (Å²) in [5.41, 5.74) is 0. The molecule has 2 fully saturated rings. The highest BCUT2D eigenvalue weighted by molar-refractivity contribution is 6.74. The highest BCUT2D eigenvalue weighted by Gasteiger charge is 2.46. The number of unbranched alkanes of at least 4 members (excludes halogenated alkanes) is 1. The van der Waals surface area contributed by atoms with Crippen LogP contribution in [0.15, 0.2) is 12.2 Å².